The Hall–Kier alpha value is -2.53. The molecule has 1 saturated heterocycles. The van der Waals surface area contributed by atoms with E-state index in [4.69, 9.17) is 28.2 Å². The van der Waals surface area contributed by atoms with E-state index in [1.165, 1.54) is 5.56 Å². The predicted molar refractivity (Wildman–Crippen MR) is 126 cm³/mol. The second-order valence-electron chi connectivity index (χ2n) is 7.62. The molecule has 2 aliphatic heterocycles. The summed E-state index contributed by atoms with van der Waals surface area (Å²) in [4.78, 5) is 9.87. The molecule has 5 rings (SSSR count). The van der Waals surface area contributed by atoms with E-state index in [9.17, 15) is 0 Å². The molecule has 152 valence electrons. The van der Waals surface area contributed by atoms with Crippen molar-refractivity contribution >= 4 is 46.1 Å². The molecule has 0 bridgehead atoms. The van der Waals surface area contributed by atoms with E-state index in [2.05, 4.69) is 39.4 Å². The Morgan fingerprint density at radius 3 is 2.43 bits per heavy atom. The third-order valence-corrected chi connectivity index (χ3v) is 6.25. The maximum Gasteiger partial charge on any atom is 0.138 e. The number of anilines is 2. The highest BCUT2D eigenvalue weighted by Crippen LogP contribution is 2.36. The minimum atomic E-state index is 0.689. The molecule has 3 aromatic rings. The lowest BCUT2D eigenvalue weighted by molar-refractivity contribution is 0.176. The van der Waals surface area contributed by atoms with Crippen LogP contribution in [0.25, 0.3) is 0 Å². The van der Waals surface area contributed by atoms with Crippen LogP contribution in [0, 0.1) is 0 Å². The van der Waals surface area contributed by atoms with Crippen molar-refractivity contribution in [1.82, 2.24) is 9.80 Å². The number of benzene rings is 3. The van der Waals surface area contributed by atoms with Crippen molar-refractivity contribution in [1.29, 1.82) is 0 Å². The summed E-state index contributed by atoms with van der Waals surface area (Å²) < 4.78 is 0. The van der Waals surface area contributed by atoms with Gasteiger partial charge in [-0.15, -0.1) is 0 Å². The summed E-state index contributed by atoms with van der Waals surface area (Å²) >= 11 is 12.6. The zero-order valence-corrected chi connectivity index (χ0v) is 18.0. The van der Waals surface area contributed by atoms with E-state index in [0.717, 1.165) is 66.2 Å². The molecular weight excluding hydrogens is 415 g/mol. The first-order valence-electron chi connectivity index (χ1n) is 10.1. The van der Waals surface area contributed by atoms with Crippen molar-refractivity contribution in [2.75, 3.05) is 31.5 Å². The van der Waals surface area contributed by atoms with Gasteiger partial charge >= 0.3 is 0 Å². The smallest absolute Gasteiger partial charge is 0.138 e. The van der Waals surface area contributed by atoms with Gasteiger partial charge in [0.25, 0.3) is 0 Å². The topological polar surface area (TPSA) is 30.9 Å². The second-order valence-corrected chi connectivity index (χ2v) is 8.47. The van der Waals surface area contributed by atoms with E-state index >= 15 is 0 Å². The molecular formula is C24H22Cl2N4. The number of aliphatic imine (C=N–C) groups is 1. The lowest BCUT2D eigenvalue weighted by atomic mass is 10.1. The van der Waals surface area contributed by atoms with Crippen molar-refractivity contribution in [2.45, 2.75) is 6.54 Å². The Bertz CT molecular complexity index is 1100. The molecule has 0 amide bonds. The molecule has 4 nitrogen and oxygen atoms in total. The predicted octanol–water partition coefficient (Wildman–Crippen LogP) is 5.95. The molecule has 2 aliphatic rings. The molecule has 0 radical (unpaired) electrons. The highest BCUT2D eigenvalue weighted by molar-refractivity contribution is 6.31. The fourth-order valence-corrected chi connectivity index (χ4v) is 4.40. The number of fused-ring (bicyclic) bond motifs is 2. The first kappa shape index (κ1) is 19.4. The van der Waals surface area contributed by atoms with Crippen LogP contribution in [0.5, 0.6) is 0 Å². The molecule has 0 aliphatic carbocycles. The summed E-state index contributed by atoms with van der Waals surface area (Å²) in [6, 6.07) is 22.2. The lowest BCUT2D eigenvalue weighted by Crippen LogP contribution is -2.48. The normalized spacial score (nSPS) is 16.2. The monoisotopic (exact) mass is 436 g/mol. The van der Waals surface area contributed by atoms with Crippen molar-refractivity contribution < 1.29 is 0 Å². The van der Waals surface area contributed by atoms with E-state index < -0.39 is 0 Å². The molecule has 2 heterocycles. The average molecular weight is 437 g/mol. The first-order valence-corrected chi connectivity index (χ1v) is 10.9. The molecule has 1 fully saturated rings. The SMILES string of the molecule is Clc1ccc2c(c1)N=C(N1CCN(Cc3ccccc3Cl)CC1)c1ccccc1N2. The number of hydrogen-bond donors (Lipinski definition) is 1. The third kappa shape index (κ3) is 3.91. The van der Waals surface area contributed by atoms with Gasteiger partial charge in [-0.25, -0.2) is 4.99 Å². The van der Waals surface area contributed by atoms with Crippen LogP contribution in [0.1, 0.15) is 11.1 Å². The minimum absolute atomic E-state index is 0.689. The van der Waals surface area contributed by atoms with E-state index in [-0.39, 0.29) is 0 Å². The highest BCUT2D eigenvalue weighted by Gasteiger charge is 2.25. The number of piperazine rings is 1. The number of amidine groups is 1. The number of nitrogens with one attached hydrogen (secondary N) is 1. The number of halogens is 2. The van der Waals surface area contributed by atoms with Gasteiger partial charge in [0.15, 0.2) is 0 Å². The fraction of sp³-hybridized carbons (Fsp3) is 0.208. The van der Waals surface area contributed by atoms with E-state index in [0.29, 0.717) is 5.02 Å². The standard InChI is InChI=1S/C24H22Cl2N4/c25-18-9-10-22-23(15-18)28-24(19-6-2-4-8-21(19)27-22)30-13-11-29(12-14-30)16-17-5-1-3-7-20(17)26/h1-10,15,27H,11-14,16H2. The van der Waals surface area contributed by atoms with Crippen LogP contribution in [0.15, 0.2) is 71.7 Å². The van der Waals surface area contributed by atoms with Crippen LogP contribution < -0.4 is 5.32 Å². The summed E-state index contributed by atoms with van der Waals surface area (Å²) in [5.41, 5.74) is 5.20. The van der Waals surface area contributed by atoms with Gasteiger partial charge in [0.1, 0.15) is 5.84 Å². The Labute approximate surface area is 186 Å². The Morgan fingerprint density at radius 2 is 1.60 bits per heavy atom. The first-order chi connectivity index (χ1) is 14.7. The van der Waals surface area contributed by atoms with E-state index in [1.807, 2.05) is 42.5 Å². The Kier molecular flexibility index (Phi) is 5.38. The molecule has 6 heteroatoms. The Morgan fingerprint density at radius 1 is 0.833 bits per heavy atom. The molecule has 30 heavy (non-hydrogen) atoms. The molecule has 0 aromatic heterocycles. The Balaban J connectivity index is 1.40. The number of hydrogen-bond acceptors (Lipinski definition) is 4. The maximum atomic E-state index is 6.35. The zero-order valence-electron chi connectivity index (χ0n) is 16.5. The van der Waals surface area contributed by atoms with Crippen LogP contribution in [-0.2, 0) is 6.54 Å². The summed E-state index contributed by atoms with van der Waals surface area (Å²) in [6.45, 7) is 4.61. The zero-order chi connectivity index (χ0) is 20.5. The van der Waals surface area contributed by atoms with Crippen molar-refractivity contribution in [3.63, 3.8) is 0 Å². The average Bonchev–Trinajstić information content (AvgIpc) is 2.92. The summed E-state index contributed by atoms with van der Waals surface area (Å²) in [7, 11) is 0. The van der Waals surface area contributed by atoms with Crippen LogP contribution in [0.4, 0.5) is 17.1 Å². The third-order valence-electron chi connectivity index (χ3n) is 5.65. The lowest BCUT2D eigenvalue weighted by Gasteiger charge is -2.36. The molecule has 0 atom stereocenters. The number of nitrogens with zero attached hydrogens (tertiary/aromatic N) is 3. The maximum absolute atomic E-state index is 6.35. The van der Waals surface area contributed by atoms with Gasteiger partial charge in [0.2, 0.25) is 0 Å². The molecule has 0 saturated carbocycles. The van der Waals surface area contributed by atoms with Crippen LogP contribution in [0.3, 0.4) is 0 Å². The molecule has 0 unspecified atom stereocenters. The van der Waals surface area contributed by atoms with Crippen LogP contribution >= 0.6 is 23.2 Å². The van der Waals surface area contributed by atoms with Crippen LogP contribution in [-0.4, -0.2) is 41.8 Å². The molecule has 3 aromatic carbocycles. The highest BCUT2D eigenvalue weighted by atomic mass is 35.5. The van der Waals surface area contributed by atoms with E-state index in [1.54, 1.807) is 0 Å². The van der Waals surface area contributed by atoms with Gasteiger partial charge in [0.05, 0.1) is 11.4 Å². The van der Waals surface area contributed by atoms with Gasteiger partial charge in [0, 0.05) is 54.0 Å². The largest absolute Gasteiger partial charge is 0.353 e. The van der Waals surface area contributed by atoms with Gasteiger partial charge in [-0.1, -0.05) is 53.5 Å². The van der Waals surface area contributed by atoms with Crippen molar-refractivity contribution in [3.05, 3.63) is 87.9 Å². The van der Waals surface area contributed by atoms with Crippen molar-refractivity contribution in [2.24, 2.45) is 4.99 Å². The van der Waals surface area contributed by atoms with Gasteiger partial charge in [-0.3, -0.25) is 4.90 Å². The van der Waals surface area contributed by atoms with Crippen LogP contribution in [0.2, 0.25) is 10.0 Å². The molecule has 1 N–H and O–H groups in total. The number of rotatable bonds is 2. The second kappa shape index (κ2) is 8.31. The summed E-state index contributed by atoms with van der Waals surface area (Å²) in [5, 5.41) is 5.05. The fourth-order valence-electron chi connectivity index (χ4n) is 4.04. The van der Waals surface area contributed by atoms with Crippen molar-refractivity contribution in [3.8, 4) is 0 Å². The molecule has 0 spiro atoms. The van der Waals surface area contributed by atoms with Gasteiger partial charge in [-0.05, 0) is 42.0 Å². The summed E-state index contributed by atoms with van der Waals surface area (Å²) in [5.74, 6) is 0.997. The van der Waals surface area contributed by atoms with Gasteiger partial charge in [-0.2, -0.15) is 0 Å². The number of para-hydroxylation sites is 1. The van der Waals surface area contributed by atoms with Gasteiger partial charge < -0.3 is 10.2 Å². The quantitative estimate of drug-likeness (QED) is 0.538. The summed E-state index contributed by atoms with van der Waals surface area (Å²) in [6.07, 6.45) is 0. The minimum Gasteiger partial charge on any atom is -0.353 e.